The van der Waals surface area contributed by atoms with Gasteiger partial charge in [0.15, 0.2) is 3.95 Å². The predicted molar refractivity (Wildman–Crippen MR) is 141 cm³/mol. The summed E-state index contributed by atoms with van der Waals surface area (Å²) in [6.45, 7) is 0.451. The van der Waals surface area contributed by atoms with E-state index in [1.807, 2.05) is 77.4 Å². The molecular weight excluding hydrogens is 586 g/mol. The molecule has 1 atom stereocenters. The van der Waals surface area contributed by atoms with Gasteiger partial charge < -0.3 is 15.4 Å². The zero-order chi connectivity index (χ0) is 22.9. The quantitative estimate of drug-likeness (QED) is 0.237. The number of nitrogens with zero attached hydrogens (tertiary/aromatic N) is 1. The summed E-state index contributed by atoms with van der Waals surface area (Å²) in [5.74, 6) is 1.24. The fraction of sp³-hybridized carbons (Fsp3) is 0.0833. The van der Waals surface area contributed by atoms with Crippen molar-refractivity contribution in [1.82, 2.24) is 9.88 Å². The van der Waals surface area contributed by atoms with Crippen molar-refractivity contribution >= 4 is 67.1 Å². The number of aromatic nitrogens is 1. The summed E-state index contributed by atoms with van der Waals surface area (Å²) >= 11 is 14.1. The summed E-state index contributed by atoms with van der Waals surface area (Å²) in [7, 11) is 0. The van der Waals surface area contributed by atoms with Gasteiger partial charge in [0.05, 0.1) is 8.95 Å². The number of thiazole rings is 1. The highest BCUT2D eigenvalue weighted by Crippen LogP contribution is 2.39. The summed E-state index contributed by atoms with van der Waals surface area (Å²) in [6.07, 6.45) is -0.431. The van der Waals surface area contributed by atoms with Gasteiger partial charge in [0, 0.05) is 5.69 Å². The Bertz CT molecular complexity index is 1370. The van der Waals surface area contributed by atoms with Gasteiger partial charge in [0.1, 0.15) is 29.2 Å². The van der Waals surface area contributed by atoms with Crippen LogP contribution in [0.1, 0.15) is 27.0 Å². The SMILES string of the molecule is O=C1NC(c2cc(Br)c(OCc3ccccc3)c(Br)c2)Nc2c1sc(=S)n2-c1ccccc1. The monoisotopic (exact) mass is 601 g/mol. The molecule has 33 heavy (non-hydrogen) atoms. The van der Waals surface area contributed by atoms with Crippen molar-refractivity contribution in [3.8, 4) is 11.4 Å². The maximum Gasteiger partial charge on any atom is 0.267 e. The number of anilines is 1. The molecule has 9 heteroatoms. The van der Waals surface area contributed by atoms with E-state index >= 15 is 0 Å². The van der Waals surface area contributed by atoms with Crippen LogP contribution in [-0.2, 0) is 6.61 Å². The Morgan fingerprint density at radius 1 is 0.970 bits per heavy atom. The molecule has 1 aliphatic rings. The van der Waals surface area contributed by atoms with Crippen LogP contribution in [0, 0.1) is 3.95 Å². The number of hydrogen-bond acceptors (Lipinski definition) is 5. The van der Waals surface area contributed by atoms with Gasteiger partial charge in [-0.3, -0.25) is 9.36 Å². The molecule has 1 unspecified atom stereocenters. The molecule has 0 fully saturated rings. The van der Waals surface area contributed by atoms with E-state index in [1.54, 1.807) is 0 Å². The van der Waals surface area contributed by atoms with Gasteiger partial charge in [-0.2, -0.15) is 0 Å². The van der Waals surface area contributed by atoms with Gasteiger partial charge in [-0.15, -0.1) is 0 Å². The topological polar surface area (TPSA) is 55.3 Å². The molecule has 0 spiro atoms. The van der Waals surface area contributed by atoms with Crippen LogP contribution in [0.3, 0.4) is 0 Å². The molecule has 2 N–H and O–H groups in total. The van der Waals surface area contributed by atoms with Crippen LogP contribution in [0.4, 0.5) is 5.82 Å². The molecule has 0 saturated heterocycles. The second-order valence-electron chi connectivity index (χ2n) is 7.36. The molecule has 1 aliphatic heterocycles. The van der Waals surface area contributed by atoms with Crippen molar-refractivity contribution < 1.29 is 9.53 Å². The van der Waals surface area contributed by atoms with Gasteiger partial charge in [-0.1, -0.05) is 59.9 Å². The summed E-state index contributed by atoms with van der Waals surface area (Å²) in [6, 6.07) is 23.7. The summed E-state index contributed by atoms with van der Waals surface area (Å²) in [5.41, 5.74) is 2.86. The van der Waals surface area contributed by atoms with Gasteiger partial charge in [0.2, 0.25) is 0 Å². The van der Waals surface area contributed by atoms with Crippen LogP contribution in [0.25, 0.3) is 5.69 Å². The van der Waals surface area contributed by atoms with E-state index in [4.69, 9.17) is 17.0 Å². The number of para-hydroxylation sites is 1. The number of rotatable bonds is 5. The number of ether oxygens (including phenoxy) is 1. The lowest BCUT2D eigenvalue weighted by Crippen LogP contribution is -2.38. The highest BCUT2D eigenvalue weighted by molar-refractivity contribution is 9.11. The maximum atomic E-state index is 12.9. The van der Waals surface area contributed by atoms with Gasteiger partial charge in [0.25, 0.3) is 5.91 Å². The lowest BCUT2D eigenvalue weighted by atomic mass is 10.1. The molecule has 4 aromatic rings. The van der Waals surface area contributed by atoms with E-state index in [-0.39, 0.29) is 5.91 Å². The zero-order valence-electron chi connectivity index (χ0n) is 17.0. The molecule has 0 radical (unpaired) electrons. The van der Waals surface area contributed by atoms with Crippen LogP contribution in [0.5, 0.6) is 5.75 Å². The second-order valence-corrected chi connectivity index (χ2v) is 10.7. The molecule has 166 valence electrons. The number of fused-ring (bicyclic) bond motifs is 1. The van der Waals surface area contributed by atoms with Gasteiger partial charge in [-0.05, 0) is 79.5 Å². The smallest absolute Gasteiger partial charge is 0.267 e. The third-order valence-corrected chi connectivity index (χ3v) is 7.72. The summed E-state index contributed by atoms with van der Waals surface area (Å²) < 4.78 is 10.1. The van der Waals surface area contributed by atoms with E-state index < -0.39 is 6.17 Å². The molecular formula is C24H17Br2N3O2S2. The number of halogens is 2. The van der Waals surface area contributed by atoms with Gasteiger partial charge >= 0.3 is 0 Å². The van der Waals surface area contributed by atoms with Crippen molar-refractivity contribution in [1.29, 1.82) is 0 Å². The molecule has 1 amide bonds. The Kier molecular flexibility index (Phi) is 6.38. The van der Waals surface area contributed by atoms with Crippen LogP contribution in [-0.4, -0.2) is 10.5 Å². The second kappa shape index (κ2) is 9.42. The minimum Gasteiger partial charge on any atom is -0.487 e. The molecule has 0 bridgehead atoms. The van der Waals surface area contributed by atoms with E-state index in [0.29, 0.717) is 27.0 Å². The maximum absolute atomic E-state index is 12.9. The minimum atomic E-state index is -0.431. The average molecular weight is 603 g/mol. The Morgan fingerprint density at radius 2 is 1.61 bits per heavy atom. The molecule has 2 heterocycles. The number of nitrogens with one attached hydrogen (secondary N) is 2. The van der Waals surface area contributed by atoms with Crippen molar-refractivity contribution in [3.63, 3.8) is 0 Å². The molecule has 3 aromatic carbocycles. The van der Waals surface area contributed by atoms with Crippen LogP contribution in [0.2, 0.25) is 0 Å². The van der Waals surface area contributed by atoms with Crippen LogP contribution < -0.4 is 15.4 Å². The Hall–Kier alpha value is -2.46. The van der Waals surface area contributed by atoms with E-state index in [9.17, 15) is 4.79 Å². The molecule has 5 nitrogen and oxygen atoms in total. The first-order valence-corrected chi connectivity index (χ1v) is 12.9. The first kappa shape index (κ1) is 22.3. The highest BCUT2D eigenvalue weighted by Gasteiger charge is 2.30. The Balaban J connectivity index is 1.45. The number of hydrogen-bond donors (Lipinski definition) is 2. The predicted octanol–water partition coefficient (Wildman–Crippen LogP) is 7.23. The van der Waals surface area contributed by atoms with Crippen molar-refractivity contribution in [2.75, 3.05) is 5.32 Å². The number of amides is 1. The standard InChI is InChI=1S/C24H17Br2N3O2S2/c25-17-11-15(12-18(26)19(17)31-13-14-7-3-1-4-8-14)21-27-22-20(23(30)28-21)33-24(32)29(22)16-9-5-2-6-10-16/h1-12,21,27H,13H2,(H,28,30). The minimum absolute atomic E-state index is 0.156. The third kappa shape index (κ3) is 4.50. The van der Waals surface area contributed by atoms with Crippen molar-refractivity contribution in [3.05, 3.63) is 102 Å². The van der Waals surface area contributed by atoms with Gasteiger partial charge in [-0.25, -0.2) is 0 Å². The number of carbonyl (C=O) groups excluding carboxylic acids is 1. The third-order valence-electron chi connectivity index (χ3n) is 5.17. The fourth-order valence-corrected chi connectivity index (χ4v) is 6.38. The number of benzene rings is 3. The first-order chi connectivity index (χ1) is 16.0. The van der Waals surface area contributed by atoms with E-state index in [1.165, 1.54) is 11.3 Å². The Morgan fingerprint density at radius 3 is 2.27 bits per heavy atom. The Labute approximate surface area is 216 Å². The largest absolute Gasteiger partial charge is 0.487 e. The summed E-state index contributed by atoms with van der Waals surface area (Å²) in [5, 5.41) is 6.49. The number of carbonyl (C=O) groups is 1. The fourth-order valence-electron chi connectivity index (χ4n) is 3.62. The van der Waals surface area contributed by atoms with Crippen LogP contribution in [0.15, 0.2) is 81.7 Å². The normalized spacial score (nSPS) is 14.8. The summed E-state index contributed by atoms with van der Waals surface area (Å²) in [4.78, 5) is 13.5. The van der Waals surface area contributed by atoms with E-state index in [2.05, 4.69) is 42.5 Å². The molecule has 0 saturated carbocycles. The first-order valence-electron chi connectivity index (χ1n) is 10.1. The van der Waals surface area contributed by atoms with Crippen molar-refractivity contribution in [2.45, 2.75) is 12.8 Å². The van der Waals surface area contributed by atoms with Crippen molar-refractivity contribution in [2.24, 2.45) is 0 Å². The molecule has 5 rings (SSSR count). The average Bonchev–Trinajstić information content (AvgIpc) is 3.16. The highest BCUT2D eigenvalue weighted by atomic mass is 79.9. The lowest BCUT2D eigenvalue weighted by Gasteiger charge is -2.28. The van der Waals surface area contributed by atoms with Crippen LogP contribution >= 0.6 is 55.4 Å². The van der Waals surface area contributed by atoms with E-state index in [0.717, 1.165) is 25.8 Å². The lowest BCUT2D eigenvalue weighted by molar-refractivity contribution is 0.0939. The molecule has 1 aromatic heterocycles. The molecule has 0 aliphatic carbocycles. The zero-order valence-corrected chi connectivity index (χ0v) is 21.9.